The molecule has 0 heterocycles. The Labute approximate surface area is 85.1 Å². The minimum atomic E-state index is -1.18. The molecule has 0 radical (unpaired) electrons. The average Bonchev–Trinajstić information content (AvgIpc) is 2.02. The van der Waals surface area contributed by atoms with Gasteiger partial charge in [0.25, 0.3) is 0 Å². The van der Waals surface area contributed by atoms with Crippen LogP contribution in [-0.4, -0.2) is 13.2 Å². The van der Waals surface area contributed by atoms with E-state index in [2.05, 4.69) is 33.5 Å². The minimum Gasteiger partial charge on any atom is -0.328 e. The first-order valence-electron chi connectivity index (χ1n) is 5.66. The summed E-state index contributed by atoms with van der Waals surface area (Å²) in [6, 6.07) is 0. The molecule has 0 aliphatic heterocycles. The minimum absolute atomic E-state index is 0.169. The van der Waals surface area contributed by atoms with Crippen molar-refractivity contribution in [3.63, 3.8) is 0 Å². The molecule has 0 amide bonds. The molecule has 0 saturated carbocycles. The van der Waals surface area contributed by atoms with Crippen LogP contribution in [0, 0.1) is 0 Å². The maximum atomic E-state index is 6.48. The monoisotopic (exact) mass is 201 g/mol. The Bertz CT molecular complexity index is 140. The quantitative estimate of drug-likeness (QED) is 0.516. The summed E-state index contributed by atoms with van der Waals surface area (Å²) in [4.78, 5) is 0. The summed E-state index contributed by atoms with van der Waals surface area (Å²) in [5.41, 5.74) is 6.48. The first-order chi connectivity index (χ1) is 5.87. The van der Waals surface area contributed by atoms with Crippen LogP contribution >= 0.6 is 0 Å². The molecule has 0 rings (SSSR count). The van der Waals surface area contributed by atoms with Gasteiger partial charge in [-0.05, 0) is 12.8 Å². The summed E-state index contributed by atoms with van der Waals surface area (Å²) in [5.74, 6) is 0. The molecule has 1 atom stereocenters. The van der Waals surface area contributed by atoms with Crippen molar-refractivity contribution in [3.8, 4) is 0 Å². The zero-order chi connectivity index (χ0) is 10.5. The largest absolute Gasteiger partial charge is 0.328 e. The van der Waals surface area contributed by atoms with E-state index in [1.165, 1.54) is 25.7 Å². The summed E-state index contributed by atoms with van der Waals surface area (Å²) in [5, 5.41) is 0.169. The van der Waals surface area contributed by atoms with Crippen molar-refractivity contribution in [1.82, 2.24) is 0 Å². The molecule has 13 heavy (non-hydrogen) atoms. The van der Waals surface area contributed by atoms with E-state index in [4.69, 9.17) is 5.73 Å². The molecule has 0 aromatic heterocycles. The van der Waals surface area contributed by atoms with Crippen LogP contribution in [0.25, 0.3) is 0 Å². The second-order valence-electron chi connectivity index (χ2n) is 5.22. The molecule has 80 valence electrons. The lowest BCUT2D eigenvalue weighted by atomic mass is 10.1. The predicted octanol–water partition coefficient (Wildman–Crippen LogP) is 3.55. The molecule has 1 unspecified atom stereocenters. The van der Waals surface area contributed by atoms with Crippen molar-refractivity contribution in [3.05, 3.63) is 0 Å². The van der Waals surface area contributed by atoms with Crippen LogP contribution in [0.3, 0.4) is 0 Å². The maximum Gasteiger partial charge on any atom is 0.0671 e. The van der Waals surface area contributed by atoms with Gasteiger partial charge in [0.05, 0.1) is 8.07 Å². The maximum absolute atomic E-state index is 6.48. The van der Waals surface area contributed by atoms with Gasteiger partial charge in [-0.3, -0.25) is 0 Å². The van der Waals surface area contributed by atoms with E-state index in [1.54, 1.807) is 0 Å². The van der Waals surface area contributed by atoms with Crippen LogP contribution in [0.4, 0.5) is 0 Å². The van der Waals surface area contributed by atoms with Crippen LogP contribution < -0.4 is 5.73 Å². The van der Waals surface area contributed by atoms with Crippen molar-refractivity contribution in [2.75, 3.05) is 0 Å². The van der Waals surface area contributed by atoms with Gasteiger partial charge in [0.2, 0.25) is 0 Å². The third-order valence-corrected chi connectivity index (χ3v) is 6.94. The first-order valence-corrected chi connectivity index (χ1v) is 9.16. The highest BCUT2D eigenvalue weighted by atomic mass is 28.3. The molecular formula is C11H27NSi. The number of hydrogen-bond acceptors (Lipinski definition) is 1. The van der Waals surface area contributed by atoms with Gasteiger partial charge >= 0.3 is 0 Å². The van der Waals surface area contributed by atoms with Gasteiger partial charge in [0, 0.05) is 5.16 Å². The molecular weight excluding hydrogens is 174 g/mol. The molecule has 0 aliphatic rings. The van der Waals surface area contributed by atoms with E-state index in [-0.39, 0.29) is 5.16 Å². The van der Waals surface area contributed by atoms with Crippen LogP contribution in [-0.2, 0) is 0 Å². The summed E-state index contributed by atoms with van der Waals surface area (Å²) in [6.45, 7) is 11.7. The standard InChI is InChI=1S/C11H27NSi/c1-6-8-9-10-11(12,7-2)13(3,4)5/h6-10,12H2,1-5H3. The van der Waals surface area contributed by atoms with E-state index in [1.807, 2.05) is 0 Å². The topological polar surface area (TPSA) is 26.0 Å². The highest BCUT2D eigenvalue weighted by Crippen LogP contribution is 2.27. The van der Waals surface area contributed by atoms with E-state index in [0.29, 0.717) is 0 Å². The molecule has 0 saturated heterocycles. The molecule has 0 aliphatic carbocycles. The van der Waals surface area contributed by atoms with Crippen LogP contribution in [0.15, 0.2) is 0 Å². The fourth-order valence-electron chi connectivity index (χ4n) is 1.77. The predicted molar refractivity (Wildman–Crippen MR) is 64.7 cm³/mol. The molecule has 2 N–H and O–H groups in total. The molecule has 0 spiro atoms. The Morgan fingerprint density at radius 2 is 1.62 bits per heavy atom. The summed E-state index contributed by atoms with van der Waals surface area (Å²) in [6.07, 6.45) is 6.32. The summed E-state index contributed by atoms with van der Waals surface area (Å²) < 4.78 is 0. The zero-order valence-corrected chi connectivity index (χ0v) is 11.1. The fourth-order valence-corrected chi connectivity index (χ4v) is 3.76. The van der Waals surface area contributed by atoms with Crippen molar-refractivity contribution < 1.29 is 0 Å². The average molecular weight is 201 g/mol. The van der Waals surface area contributed by atoms with Gasteiger partial charge in [-0.1, -0.05) is 52.8 Å². The summed E-state index contributed by atoms with van der Waals surface area (Å²) >= 11 is 0. The van der Waals surface area contributed by atoms with Crippen molar-refractivity contribution in [1.29, 1.82) is 0 Å². The molecule has 0 fully saturated rings. The first kappa shape index (κ1) is 13.2. The van der Waals surface area contributed by atoms with Crippen LogP contribution in [0.1, 0.15) is 46.0 Å². The number of nitrogens with two attached hydrogens (primary N) is 1. The Kier molecular flexibility index (Phi) is 5.23. The molecule has 1 nitrogen and oxygen atoms in total. The van der Waals surface area contributed by atoms with Gasteiger partial charge in [0.1, 0.15) is 0 Å². The Morgan fingerprint density at radius 3 is 1.92 bits per heavy atom. The van der Waals surface area contributed by atoms with E-state index < -0.39 is 8.07 Å². The smallest absolute Gasteiger partial charge is 0.0671 e. The Balaban J connectivity index is 4.13. The van der Waals surface area contributed by atoms with Gasteiger partial charge in [-0.15, -0.1) is 0 Å². The molecule has 0 aromatic carbocycles. The van der Waals surface area contributed by atoms with Gasteiger partial charge in [0.15, 0.2) is 0 Å². The number of hydrogen-bond donors (Lipinski definition) is 1. The van der Waals surface area contributed by atoms with Crippen LogP contribution in [0.5, 0.6) is 0 Å². The second kappa shape index (κ2) is 5.16. The molecule has 0 aromatic rings. The lowest BCUT2D eigenvalue weighted by Gasteiger charge is -2.40. The Hall–Kier alpha value is 0.177. The van der Waals surface area contributed by atoms with Gasteiger partial charge in [-0.25, -0.2) is 0 Å². The van der Waals surface area contributed by atoms with Crippen LogP contribution in [0.2, 0.25) is 19.6 Å². The van der Waals surface area contributed by atoms with Gasteiger partial charge < -0.3 is 5.73 Å². The third kappa shape index (κ3) is 3.82. The summed E-state index contributed by atoms with van der Waals surface area (Å²) in [7, 11) is -1.18. The Morgan fingerprint density at radius 1 is 1.08 bits per heavy atom. The van der Waals surface area contributed by atoms with E-state index in [0.717, 1.165) is 6.42 Å². The highest BCUT2D eigenvalue weighted by molar-refractivity contribution is 6.79. The highest BCUT2D eigenvalue weighted by Gasteiger charge is 2.37. The van der Waals surface area contributed by atoms with Gasteiger partial charge in [-0.2, -0.15) is 0 Å². The number of unbranched alkanes of at least 4 members (excludes halogenated alkanes) is 2. The molecule has 0 bridgehead atoms. The molecule has 2 heteroatoms. The van der Waals surface area contributed by atoms with Crippen molar-refractivity contribution in [2.24, 2.45) is 5.73 Å². The number of rotatable bonds is 6. The zero-order valence-electron chi connectivity index (χ0n) is 10.1. The SMILES string of the molecule is CCCCCC(N)(CC)[Si](C)(C)C. The van der Waals surface area contributed by atoms with E-state index >= 15 is 0 Å². The normalized spacial score (nSPS) is 17.1. The second-order valence-corrected chi connectivity index (χ2v) is 10.7. The lowest BCUT2D eigenvalue weighted by Crippen LogP contribution is -2.58. The van der Waals surface area contributed by atoms with E-state index in [9.17, 15) is 0 Å². The fraction of sp³-hybridized carbons (Fsp3) is 1.00. The van der Waals surface area contributed by atoms with Crippen molar-refractivity contribution in [2.45, 2.75) is 70.8 Å². The lowest BCUT2D eigenvalue weighted by molar-refractivity contribution is 0.475. The van der Waals surface area contributed by atoms with Crippen molar-refractivity contribution >= 4 is 8.07 Å². The third-order valence-electron chi connectivity index (χ3n) is 3.35.